The smallest absolute Gasteiger partial charge is 0.313 e. The highest BCUT2D eigenvalue weighted by Gasteiger charge is 2.37. The Balaban J connectivity index is 0.000000719. The van der Waals surface area contributed by atoms with Crippen LogP contribution in [0.5, 0.6) is 0 Å². The van der Waals surface area contributed by atoms with E-state index in [0.717, 1.165) is 70.1 Å². The van der Waals surface area contributed by atoms with Crippen molar-refractivity contribution in [3.05, 3.63) is 24.3 Å². The Labute approximate surface area is 432 Å². The van der Waals surface area contributed by atoms with Crippen molar-refractivity contribution in [2.24, 2.45) is 40.9 Å². The summed E-state index contributed by atoms with van der Waals surface area (Å²) in [5.41, 5.74) is 0.277. The SMILES string of the molecule is CCCCCCCCCCCCCCCCCCOC(=O)C1CCC=CC1C(=O)OCCCCCCC(C)C.CCCCCCCCCCOC(=O)C1CCC=CC1C(=O)OCCC(C)CC(C)(C)C. The van der Waals surface area contributed by atoms with E-state index in [2.05, 4.69) is 55.4 Å². The largest absolute Gasteiger partial charge is 0.465 e. The quantitative estimate of drug-likeness (QED) is 0.0258. The lowest BCUT2D eigenvalue weighted by Crippen LogP contribution is -2.33. The lowest BCUT2D eigenvalue weighted by atomic mass is 9.83. The van der Waals surface area contributed by atoms with Crippen LogP contribution in [0.2, 0.25) is 0 Å². The van der Waals surface area contributed by atoms with Crippen LogP contribution in [0.4, 0.5) is 0 Å². The fourth-order valence-corrected chi connectivity index (χ4v) is 10.0. The van der Waals surface area contributed by atoms with E-state index >= 15 is 0 Å². The van der Waals surface area contributed by atoms with Crippen molar-refractivity contribution < 1.29 is 38.1 Å². The summed E-state index contributed by atoms with van der Waals surface area (Å²) >= 11 is 0. The van der Waals surface area contributed by atoms with Gasteiger partial charge in [0, 0.05) is 0 Å². The summed E-state index contributed by atoms with van der Waals surface area (Å²) in [5.74, 6) is -1.55. The average molecular weight is 986 g/mol. The first-order valence-corrected chi connectivity index (χ1v) is 29.8. The van der Waals surface area contributed by atoms with Gasteiger partial charge in [-0.3, -0.25) is 19.2 Å². The molecule has 0 radical (unpaired) electrons. The molecule has 8 heteroatoms. The summed E-state index contributed by atoms with van der Waals surface area (Å²) in [4.78, 5) is 50.6. The van der Waals surface area contributed by atoms with E-state index in [-0.39, 0.29) is 29.3 Å². The maximum absolute atomic E-state index is 12.7. The predicted molar refractivity (Wildman–Crippen MR) is 292 cm³/mol. The monoisotopic (exact) mass is 985 g/mol. The molecule has 0 amide bonds. The van der Waals surface area contributed by atoms with Crippen LogP contribution in [-0.4, -0.2) is 50.3 Å². The van der Waals surface area contributed by atoms with Crippen molar-refractivity contribution in [1.82, 2.24) is 0 Å². The summed E-state index contributed by atoms with van der Waals surface area (Å²) in [6, 6.07) is 0. The van der Waals surface area contributed by atoms with Gasteiger partial charge in [-0.1, -0.05) is 247 Å². The van der Waals surface area contributed by atoms with Crippen molar-refractivity contribution in [3.8, 4) is 0 Å². The molecule has 0 bridgehead atoms. The van der Waals surface area contributed by atoms with Crippen LogP contribution in [0.3, 0.4) is 0 Å². The molecule has 0 fully saturated rings. The fraction of sp³-hybridized carbons (Fsp3) is 0.871. The zero-order valence-electron chi connectivity index (χ0n) is 47.1. The molecule has 0 spiro atoms. The number of ether oxygens (including phenoxy) is 4. The van der Waals surface area contributed by atoms with E-state index < -0.39 is 23.7 Å². The summed E-state index contributed by atoms with van der Waals surface area (Å²) in [5, 5.41) is 0. The predicted octanol–water partition coefficient (Wildman–Crippen LogP) is 17.8. The zero-order chi connectivity index (χ0) is 51.5. The Hall–Kier alpha value is -2.64. The average Bonchev–Trinajstić information content (AvgIpc) is 3.33. The normalized spacial score (nSPS) is 18.2. The lowest BCUT2D eigenvalue weighted by Gasteiger charge is -2.25. The molecule has 5 atom stereocenters. The van der Waals surface area contributed by atoms with E-state index in [4.69, 9.17) is 18.9 Å². The number of hydrogen-bond donors (Lipinski definition) is 0. The first-order chi connectivity index (χ1) is 33.8. The van der Waals surface area contributed by atoms with E-state index in [1.165, 1.54) is 148 Å². The van der Waals surface area contributed by atoms with Gasteiger partial charge in [0.15, 0.2) is 0 Å². The van der Waals surface area contributed by atoms with E-state index in [1.54, 1.807) is 0 Å². The zero-order valence-corrected chi connectivity index (χ0v) is 47.1. The van der Waals surface area contributed by atoms with Crippen molar-refractivity contribution in [2.75, 3.05) is 26.4 Å². The third-order valence-electron chi connectivity index (χ3n) is 14.2. The van der Waals surface area contributed by atoms with Gasteiger partial charge in [-0.25, -0.2) is 0 Å². The molecular formula is C62H112O8. The Morgan fingerprint density at radius 2 is 0.743 bits per heavy atom. The highest BCUT2D eigenvalue weighted by molar-refractivity contribution is 5.84. The Kier molecular flexibility index (Phi) is 41.0. The molecule has 2 aliphatic carbocycles. The molecule has 0 N–H and O–H groups in total. The number of allylic oxidation sites excluding steroid dienone is 2. The van der Waals surface area contributed by atoms with Crippen LogP contribution < -0.4 is 0 Å². The molecule has 408 valence electrons. The van der Waals surface area contributed by atoms with Crippen LogP contribution in [0.1, 0.15) is 280 Å². The summed E-state index contributed by atoms with van der Waals surface area (Å²) in [6.45, 7) is 19.7. The van der Waals surface area contributed by atoms with Gasteiger partial charge in [-0.05, 0) is 75.0 Å². The molecule has 0 aromatic heterocycles. The molecule has 0 saturated carbocycles. The number of unbranched alkanes of at least 4 members (excludes halogenated alkanes) is 25. The molecule has 0 saturated heterocycles. The molecule has 0 heterocycles. The van der Waals surface area contributed by atoms with Gasteiger partial charge < -0.3 is 18.9 Å². The third kappa shape index (κ3) is 36.3. The molecular weight excluding hydrogens is 873 g/mol. The Morgan fingerprint density at radius 3 is 1.09 bits per heavy atom. The van der Waals surface area contributed by atoms with Crippen molar-refractivity contribution in [2.45, 2.75) is 280 Å². The van der Waals surface area contributed by atoms with Gasteiger partial charge in [-0.15, -0.1) is 0 Å². The van der Waals surface area contributed by atoms with Crippen LogP contribution in [-0.2, 0) is 38.1 Å². The number of rotatable bonds is 41. The molecule has 2 rings (SSSR count). The van der Waals surface area contributed by atoms with Crippen molar-refractivity contribution in [3.63, 3.8) is 0 Å². The Morgan fingerprint density at radius 1 is 0.429 bits per heavy atom. The van der Waals surface area contributed by atoms with Crippen LogP contribution in [0, 0.1) is 40.9 Å². The molecule has 0 aromatic carbocycles. The maximum atomic E-state index is 12.7. The minimum Gasteiger partial charge on any atom is -0.465 e. The lowest BCUT2D eigenvalue weighted by molar-refractivity contribution is -0.159. The number of esters is 4. The van der Waals surface area contributed by atoms with Crippen LogP contribution in [0.15, 0.2) is 24.3 Å². The van der Waals surface area contributed by atoms with Gasteiger partial charge in [0.05, 0.1) is 50.1 Å². The summed E-state index contributed by atoms with van der Waals surface area (Å²) in [7, 11) is 0. The summed E-state index contributed by atoms with van der Waals surface area (Å²) in [6.07, 6.45) is 49.2. The fourth-order valence-electron chi connectivity index (χ4n) is 10.0. The second-order valence-corrected chi connectivity index (χ2v) is 23.0. The summed E-state index contributed by atoms with van der Waals surface area (Å²) < 4.78 is 22.2. The van der Waals surface area contributed by atoms with Crippen molar-refractivity contribution in [1.29, 1.82) is 0 Å². The first-order valence-electron chi connectivity index (χ1n) is 29.8. The van der Waals surface area contributed by atoms with Crippen LogP contribution >= 0.6 is 0 Å². The van der Waals surface area contributed by atoms with Crippen LogP contribution in [0.25, 0.3) is 0 Å². The molecule has 70 heavy (non-hydrogen) atoms. The molecule has 0 aromatic rings. The number of hydrogen-bond acceptors (Lipinski definition) is 8. The Bertz CT molecular complexity index is 1350. The molecule has 2 aliphatic rings. The highest BCUT2D eigenvalue weighted by atomic mass is 16.5. The van der Waals surface area contributed by atoms with Gasteiger partial charge >= 0.3 is 23.9 Å². The van der Waals surface area contributed by atoms with E-state index in [1.807, 2.05) is 24.3 Å². The third-order valence-corrected chi connectivity index (χ3v) is 14.2. The minimum absolute atomic E-state index is 0.226. The number of carbonyl (C=O) groups is 4. The van der Waals surface area contributed by atoms with Gasteiger partial charge in [0.25, 0.3) is 0 Å². The minimum atomic E-state index is -0.502. The molecule has 0 aliphatic heterocycles. The van der Waals surface area contributed by atoms with Gasteiger partial charge in [0.2, 0.25) is 0 Å². The molecule has 5 unspecified atom stereocenters. The van der Waals surface area contributed by atoms with Gasteiger partial charge in [-0.2, -0.15) is 0 Å². The second kappa shape index (κ2) is 43.9. The number of carbonyl (C=O) groups excluding carboxylic acids is 4. The second-order valence-electron chi connectivity index (χ2n) is 23.0. The standard InChI is InChI=1S/C35H64O4.C27H48O4/c1-4-5-6-7-8-9-10-11-12-13-14-15-16-17-19-24-29-38-34(36)32-27-22-23-28-33(32)35(37)39-30-25-20-18-21-26-31(2)3;1-6-7-8-9-10-11-12-15-19-30-25(28)23-16-13-14-17-24(23)26(29)31-20-18-22(2)21-27(3,4)5/h23,28,31-33H,4-22,24-27,29-30H2,1-3H3;14,17,22-24H,6-13,15-16,18-21H2,1-5H3. The van der Waals surface area contributed by atoms with Crippen molar-refractivity contribution >= 4 is 23.9 Å². The topological polar surface area (TPSA) is 105 Å². The maximum Gasteiger partial charge on any atom is 0.313 e. The van der Waals surface area contributed by atoms with Gasteiger partial charge in [0.1, 0.15) is 0 Å². The van der Waals surface area contributed by atoms with E-state index in [9.17, 15) is 19.2 Å². The first kappa shape index (κ1) is 65.4. The van der Waals surface area contributed by atoms with E-state index in [0.29, 0.717) is 45.2 Å². The highest BCUT2D eigenvalue weighted by Crippen LogP contribution is 2.30. The molecule has 8 nitrogen and oxygen atoms in total.